The number of rotatable bonds is 3. The number of amides is 1. The van der Waals surface area contributed by atoms with Crippen LogP contribution in [0.2, 0.25) is 0 Å². The van der Waals surface area contributed by atoms with Crippen molar-refractivity contribution in [1.29, 1.82) is 5.26 Å². The van der Waals surface area contributed by atoms with Gasteiger partial charge in [-0.25, -0.2) is 4.39 Å². The van der Waals surface area contributed by atoms with Crippen LogP contribution in [0.15, 0.2) is 40.9 Å². The van der Waals surface area contributed by atoms with Gasteiger partial charge in [-0.3, -0.25) is 4.79 Å². The lowest BCUT2D eigenvalue weighted by Gasteiger charge is -2.11. The highest BCUT2D eigenvalue weighted by Gasteiger charge is 2.15. The Labute approximate surface area is 129 Å². The second-order valence-corrected chi connectivity index (χ2v) is 5.08. The van der Waals surface area contributed by atoms with E-state index >= 15 is 0 Å². The number of carbonyl (C=O) groups excluding carboxylic acids is 1. The lowest BCUT2D eigenvalue weighted by molar-refractivity contribution is 0.102. The van der Waals surface area contributed by atoms with E-state index in [0.29, 0.717) is 11.3 Å². The number of para-hydroxylation sites is 1. The molecule has 6 heteroatoms. The van der Waals surface area contributed by atoms with Crippen molar-refractivity contribution < 1.29 is 9.18 Å². The molecule has 21 heavy (non-hydrogen) atoms. The summed E-state index contributed by atoms with van der Waals surface area (Å²) < 4.78 is 14.4. The standard InChI is InChI=1S/C15H11BrFN3O/c1-19-14-11(3-2-4-12(14)17)15(21)20-13-6-5-10(16)7-9(13)8-18/h2-7,19H,1H3,(H,20,21). The topological polar surface area (TPSA) is 64.9 Å². The summed E-state index contributed by atoms with van der Waals surface area (Å²) >= 11 is 3.26. The highest BCUT2D eigenvalue weighted by Crippen LogP contribution is 2.23. The number of hydrogen-bond acceptors (Lipinski definition) is 3. The van der Waals surface area contributed by atoms with E-state index in [2.05, 4.69) is 26.6 Å². The molecule has 0 spiro atoms. The predicted octanol–water partition coefficient (Wildman–Crippen LogP) is 3.75. The van der Waals surface area contributed by atoms with E-state index < -0.39 is 11.7 Å². The summed E-state index contributed by atoms with van der Waals surface area (Å²) in [7, 11) is 1.54. The molecule has 2 rings (SSSR count). The Hall–Kier alpha value is -2.39. The van der Waals surface area contributed by atoms with Crippen LogP contribution in [0.1, 0.15) is 15.9 Å². The van der Waals surface area contributed by atoms with Crippen LogP contribution in [0, 0.1) is 17.1 Å². The zero-order chi connectivity index (χ0) is 15.4. The summed E-state index contributed by atoms with van der Waals surface area (Å²) in [6, 6.07) is 11.1. The Morgan fingerprint density at radius 2 is 2.10 bits per heavy atom. The summed E-state index contributed by atoms with van der Waals surface area (Å²) in [6.45, 7) is 0. The Bertz CT molecular complexity index is 740. The maximum Gasteiger partial charge on any atom is 0.257 e. The highest BCUT2D eigenvalue weighted by atomic mass is 79.9. The second-order valence-electron chi connectivity index (χ2n) is 4.17. The monoisotopic (exact) mass is 347 g/mol. The van der Waals surface area contributed by atoms with Crippen LogP contribution in [0.4, 0.5) is 15.8 Å². The molecule has 2 aromatic carbocycles. The van der Waals surface area contributed by atoms with E-state index in [1.54, 1.807) is 18.2 Å². The number of carbonyl (C=O) groups is 1. The second kappa shape index (κ2) is 6.37. The van der Waals surface area contributed by atoms with Crippen molar-refractivity contribution >= 4 is 33.2 Å². The maximum atomic E-state index is 13.6. The molecular formula is C15H11BrFN3O. The van der Waals surface area contributed by atoms with Gasteiger partial charge in [-0.15, -0.1) is 0 Å². The van der Waals surface area contributed by atoms with Crippen molar-refractivity contribution in [2.45, 2.75) is 0 Å². The molecule has 0 aliphatic carbocycles. The largest absolute Gasteiger partial charge is 0.385 e. The van der Waals surface area contributed by atoms with Crippen molar-refractivity contribution in [3.63, 3.8) is 0 Å². The molecule has 106 valence electrons. The zero-order valence-corrected chi connectivity index (χ0v) is 12.7. The van der Waals surface area contributed by atoms with Gasteiger partial charge in [0, 0.05) is 11.5 Å². The molecule has 0 fully saturated rings. The summed E-state index contributed by atoms with van der Waals surface area (Å²) in [6.07, 6.45) is 0. The molecular weight excluding hydrogens is 337 g/mol. The molecule has 0 saturated carbocycles. The van der Waals surface area contributed by atoms with Crippen LogP contribution in [0.5, 0.6) is 0 Å². The molecule has 2 aromatic rings. The van der Waals surface area contributed by atoms with Gasteiger partial charge in [-0.05, 0) is 30.3 Å². The molecule has 0 aliphatic heterocycles. The first-order valence-corrected chi connectivity index (χ1v) is 6.83. The smallest absolute Gasteiger partial charge is 0.257 e. The Balaban J connectivity index is 2.36. The Kier molecular flexibility index (Phi) is 4.55. The lowest BCUT2D eigenvalue weighted by Crippen LogP contribution is -2.15. The third-order valence-electron chi connectivity index (χ3n) is 2.86. The van der Waals surface area contributed by atoms with E-state index in [4.69, 9.17) is 5.26 Å². The number of nitrogens with one attached hydrogen (secondary N) is 2. The highest BCUT2D eigenvalue weighted by molar-refractivity contribution is 9.10. The first-order valence-electron chi connectivity index (χ1n) is 6.04. The molecule has 0 aliphatic rings. The van der Waals surface area contributed by atoms with Crippen molar-refractivity contribution in [3.8, 4) is 6.07 Å². The van der Waals surface area contributed by atoms with Crippen LogP contribution < -0.4 is 10.6 Å². The first-order chi connectivity index (χ1) is 10.1. The molecule has 0 atom stereocenters. The minimum absolute atomic E-state index is 0.116. The van der Waals surface area contributed by atoms with Gasteiger partial charge in [0.2, 0.25) is 0 Å². The predicted molar refractivity (Wildman–Crippen MR) is 82.8 cm³/mol. The molecule has 0 heterocycles. The normalized spacial score (nSPS) is 9.81. The minimum atomic E-state index is -0.513. The van der Waals surface area contributed by atoms with Gasteiger partial charge >= 0.3 is 0 Å². The molecule has 0 radical (unpaired) electrons. The van der Waals surface area contributed by atoms with E-state index in [9.17, 15) is 9.18 Å². The summed E-state index contributed by atoms with van der Waals surface area (Å²) in [4.78, 5) is 12.3. The average molecular weight is 348 g/mol. The van der Waals surface area contributed by atoms with Gasteiger partial charge in [0.25, 0.3) is 5.91 Å². The van der Waals surface area contributed by atoms with Crippen molar-refractivity contribution in [3.05, 3.63) is 57.8 Å². The lowest BCUT2D eigenvalue weighted by atomic mass is 10.1. The van der Waals surface area contributed by atoms with Crippen LogP contribution in [-0.2, 0) is 0 Å². The average Bonchev–Trinajstić information content (AvgIpc) is 2.48. The van der Waals surface area contributed by atoms with Crippen LogP contribution in [-0.4, -0.2) is 13.0 Å². The molecule has 0 aromatic heterocycles. The third-order valence-corrected chi connectivity index (χ3v) is 3.35. The SMILES string of the molecule is CNc1c(F)cccc1C(=O)Nc1ccc(Br)cc1C#N. The minimum Gasteiger partial charge on any atom is -0.385 e. The molecule has 0 unspecified atom stereocenters. The van der Waals surface area contributed by atoms with E-state index in [1.807, 2.05) is 6.07 Å². The van der Waals surface area contributed by atoms with Crippen LogP contribution >= 0.6 is 15.9 Å². The van der Waals surface area contributed by atoms with Gasteiger partial charge in [0.1, 0.15) is 11.9 Å². The summed E-state index contributed by atoms with van der Waals surface area (Å²) in [5, 5.41) is 14.4. The van der Waals surface area contributed by atoms with Gasteiger partial charge in [-0.1, -0.05) is 22.0 Å². The van der Waals surface area contributed by atoms with Gasteiger partial charge < -0.3 is 10.6 Å². The van der Waals surface area contributed by atoms with Gasteiger partial charge in [0.15, 0.2) is 0 Å². The van der Waals surface area contributed by atoms with Gasteiger partial charge in [0.05, 0.1) is 22.5 Å². The summed E-state index contributed by atoms with van der Waals surface area (Å²) in [5.41, 5.74) is 0.979. The Morgan fingerprint density at radius 1 is 1.33 bits per heavy atom. The van der Waals surface area contributed by atoms with E-state index in [1.165, 1.54) is 25.2 Å². The van der Waals surface area contributed by atoms with Crippen LogP contribution in [0.3, 0.4) is 0 Å². The fourth-order valence-corrected chi connectivity index (χ4v) is 2.24. The zero-order valence-electron chi connectivity index (χ0n) is 11.1. The third kappa shape index (κ3) is 3.20. The van der Waals surface area contributed by atoms with E-state index in [0.717, 1.165) is 4.47 Å². The van der Waals surface area contributed by atoms with Gasteiger partial charge in [-0.2, -0.15) is 5.26 Å². The summed E-state index contributed by atoms with van der Waals surface area (Å²) in [5.74, 6) is -1.00. The van der Waals surface area contributed by atoms with Crippen molar-refractivity contribution in [2.75, 3.05) is 17.7 Å². The molecule has 0 saturated heterocycles. The van der Waals surface area contributed by atoms with Crippen molar-refractivity contribution in [2.24, 2.45) is 0 Å². The molecule has 1 amide bonds. The maximum absolute atomic E-state index is 13.6. The fourth-order valence-electron chi connectivity index (χ4n) is 1.88. The molecule has 4 nitrogen and oxygen atoms in total. The number of nitriles is 1. The quantitative estimate of drug-likeness (QED) is 0.888. The number of benzene rings is 2. The number of hydrogen-bond donors (Lipinski definition) is 2. The number of halogens is 2. The number of anilines is 2. The Morgan fingerprint density at radius 3 is 2.76 bits per heavy atom. The number of nitrogens with zero attached hydrogens (tertiary/aromatic N) is 1. The van der Waals surface area contributed by atoms with Crippen LogP contribution in [0.25, 0.3) is 0 Å². The fraction of sp³-hybridized carbons (Fsp3) is 0.0667. The molecule has 2 N–H and O–H groups in total. The first kappa shape index (κ1) is 15.0. The van der Waals surface area contributed by atoms with Crippen molar-refractivity contribution in [1.82, 2.24) is 0 Å². The van der Waals surface area contributed by atoms with E-state index in [-0.39, 0.29) is 11.3 Å². The molecule has 0 bridgehead atoms.